The highest BCUT2D eigenvalue weighted by Crippen LogP contribution is 2.00. The highest BCUT2D eigenvalue weighted by molar-refractivity contribution is 7.80. The highest BCUT2D eigenvalue weighted by Gasteiger charge is 1.88. The Bertz CT molecular complexity index is 174. The van der Waals surface area contributed by atoms with Crippen LogP contribution < -0.4 is 0 Å². The van der Waals surface area contributed by atoms with Crippen LogP contribution in [0.4, 0.5) is 0 Å². The number of rotatable bonds is 3. The lowest BCUT2D eigenvalue weighted by molar-refractivity contribution is 0.927. The number of aromatic nitrogens is 1. The third-order valence-electron chi connectivity index (χ3n) is 1.33. The van der Waals surface area contributed by atoms with Crippen LogP contribution in [-0.2, 0) is 6.42 Å². The van der Waals surface area contributed by atoms with Crippen molar-refractivity contribution in [3.63, 3.8) is 0 Å². The van der Waals surface area contributed by atoms with Gasteiger partial charge in [-0.2, -0.15) is 0 Å². The fourth-order valence-electron chi connectivity index (χ4n) is 0.822. The van der Waals surface area contributed by atoms with Crippen LogP contribution >= 0.6 is 12.6 Å². The molecule has 1 heterocycles. The van der Waals surface area contributed by atoms with E-state index in [2.05, 4.69) is 11.1 Å². The van der Waals surface area contributed by atoms with Gasteiger partial charge < -0.3 is 0 Å². The summed E-state index contributed by atoms with van der Waals surface area (Å²) in [4.78, 5) is 4.00. The Labute approximate surface area is 66.9 Å². The van der Waals surface area contributed by atoms with E-state index in [0.29, 0.717) is 0 Å². The minimum atomic E-state index is 0.842. The van der Waals surface area contributed by atoms with E-state index in [1.807, 2.05) is 12.3 Å². The van der Waals surface area contributed by atoms with E-state index in [1.165, 1.54) is 5.56 Å². The summed E-state index contributed by atoms with van der Waals surface area (Å²) in [6, 6.07) is 4.04. The zero-order valence-corrected chi connectivity index (χ0v) is 6.60. The molecular formula is C8H10NS. The second-order valence-corrected chi connectivity index (χ2v) is 2.58. The van der Waals surface area contributed by atoms with Gasteiger partial charge in [0.1, 0.15) is 0 Å². The lowest BCUT2D eigenvalue weighted by Crippen LogP contribution is -1.85. The molecule has 0 aliphatic heterocycles. The standard InChI is InChI=1S/C8H10NS/c10-6-2-4-8-3-1-5-9-7-8/h1,3,5,7H,2,4,6H2. The van der Waals surface area contributed by atoms with E-state index in [1.54, 1.807) is 6.20 Å². The normalized spacial score (nSPS) is 9.70. The Morgan fingerprint density at radius 3 is 3.00 bits per heavy atom. The van der Waals surface area contributed by atoms with Crippen LogP contribution in [0.2, 0.25) is 0 Å². The first-order valence-electron chi connectivity index (χ1n) is 3.40. The van der Waals surface area contributed by atoms with Gasteiger partial charge in [-0.15, -0.1) is 0 Å². The third kappa shape index (κ3) is 2.40. The second kappa shape index (κ2) is 4.34. The van der Waals surface area contributed by atoms with E-state index < -0.39 is 0 Å². The fraction of sp³-hybridized carbons (Fsp3) is 0.375. The monoisotopic (exact) mass is 152 g/mol. The average Bonchev–Trinajstić information content (AvgIpc) is 2.03. The molecule has 1 aromatic rings. The van der Waals surface area contributed by atoms with Gasteiger partial charge in [-0.3, -0.25) is 4.98 Å². The molecule has 1 rings (SSSR count). The highest BCUT2D eigenvalue weighted by atomic mass is 32.1. The van der Waals surface area contributed by atoms with Crippen molar-refractivity contribution in [2.75, 3.05) is 5.75 Å². The average molecular weight is 152 g/mol. The molecule has 0 atom stereocenters. The molecule has 0 saturated carbocycles. The molecule has 1 aromatic heterocycles. The zero-order chi connectivity index (χ0) is 7.23. The Balaban J connectivity index is 2.43. The molecule has 0 N–H and O–H groups in total. The van der Waals surface area contributed by atoms with Gasteiger partial charge in [0.2, 0.25) is 0 Å². The lowest BCUT2D eigenvalue weighted by Gasteiger charge is -1.95. The number of hydrogen-bond donors (Lipinski definition) is 0. The van der Waals surface area contributed by atoms with E-state index in [0.717, 1.165) is 18.6 Å². The maximum absolute atomic E-state index is 4.83. The minimum absolute atomic E-state index is 0.842. The smallest absolute Gasteiger partial charge is 0.0299 e. The van der Waals surface area contributed by atoms with Crippen LogP contribution in [0.15, 0.2) is 24.5 Å². The molecule has 0 aromatic carbocycles. The first kappa shape index (κ1) is 7.61. The van der Waals surface area contributed by atoms with Crippen molar-refractivity contribution in [1.29, 1.82) is 0 Å². The first-order chi connectivity index (χ1) is 4.93. The molecule has 0 amide bonds. The van der Waals surface area contributed by atoms with Crippen molar-refractivity contribution in [2.24, 2.45) is 0 Å². The van der Waals surface area contributed by atoms with Crippen LogP contribution in [0, 0.1) is 0 Å². The summed E-state index contributed by atoms with van der Waals surface area (Å²) in [6.45, 7) is 0. The van der Waals surface area contributed by atoms with E-state index in [4.69, 9.17) is 12.6 Å². The molecule has 0 bridgehead atoms. The van der Waals surface area contributed by atoms with Gasteiger partial charge in [0.05, 0.1) is 0 Å². The van der Waals surface area contributed by atoms with Gasteiger partial charge in [-0.25, -0.2) is 0 Å². The Hall–Kier alpha value is -0.500. The Kier molecular flexibility index (Phi) is 3.30. The van der Waals surface area contributed by atoms with E-state index in [9.17, 15) is 0 Å². The van der Waals surface area contributed by atoms with Crippen molar-refractivity contribution >= 4 is 12.6 Å². The molecule has 10 heavy (non-hydrogen) atoms. The molecule has 0 unspecified atom stereocenters. The summed E-state index contributed by atoms with van der Waals surface area (Å²) < 4.78 is 0. The molecule has 1 nitrogen and oxygen atoms in total. The van der Waals surface area contributed by atoms with Crippen molar-refractivity contribution in [1.82, 2.24) is 4.98 Å². The molecule has 0 fully saturated rings. The molecule has 1 radical (unpaired) electrons. The first-order valence-corrected chi connectivity index (χ1v) is 3.98. The predicted molar refractivity (Wildman–Crippen MR) is 45.0 cm³/mol. The number of aryl methyl sites for hydroxylation is 1. The third-order valence-corrected chi connectivity index (χ3v) is 1.62. The van der Waals surface area contributed by atoms with Crippen molar-refractivity contribution < 1.29 is 0 Å². The van der Waals surface area contributed by atoms with Crippen LogP contribution in [0.3, 0.4) is 0 Å². The van der Waals surface area contributed by atoms with Gasteiger partial charge in [0.25, 0.3) is 0 Å². The van der Waals surface area contributed by atoms with Gasteiger partial charge in [0.15, 0.2) is 0 Å². The van der Waals surface area contributed by atoms with Crippen LogP contribution in [0.25, 0.3) is 0 Å². The maximum Gasteiger partial charge on any atom is 0.0299 e. The van der Waals surface area contributed by atoms with Gasteiger partial charge >= 0.3 is 0 Å². The van der Waals surface area contributed by atoms with E-state index in [-0.39, 0.29) is 0 Å². The molecular weight excluding hydrogens is 142 g/mol. The number of hydrogen-bond acceptors (Lipinski definition) is 1. The zero-order valence-electron chi connectivity index (χ0n) is 5.79. The number of nitrogens with zero attached hydrogens (tertiary/aromatic N) is 1. The molecule has 0 aliphatic rings. The summed E-state index contributed by atoms with van der Waals surface area (Å²) in [5, 5.41) is 0. The minimum Gasteiger partial charge on any atom is -0.264 e. The quantitative estimate of drug-likeness (QED) is 0.647. The maximum atomic E-state index is 4.83. The van der Waals surface area contributed by atoms with Gasteiger partial charge in [-0.1, -0.05) is 18.7 Å². The Morgan fingerprint density at radius 2 is 2.40 bits per heavy atom. The summed E-state index contributed by atoms with van der Waals surface area (Å²) in [5.74, 6) is 0.842. The van der Waals surface area contributed by atoms with Crippen LogP contribution in [0.5, 0.6) is 0 Å². The summed E-state index contributed by atoms with van der Waals surface area (Å²) in [7, 11) is 0. The van der Waals surface area contributed by atoms with Crippen molar-refractivity contribution in [3.8, 4) is 0 Å². The predicted octanol–water partition coefficient (Wildman–Crippen LogP) is 2.21. The summed E-state index contributed by atoms with van der Waals surface area (Å²) in [5.41, 5.74) is 1.28. The van der Waals surface area contributed by atoms with Gasteiger partial charge in [-0.05, 0) is 24.5 Å². The molecule has 0 saturated heterocycles. The SMILES string of the molecule is [S]CCCc1cccnc1. The van der Waals surface area contributed by atoms with Crippen LogP contribution in [0.1, 0.15) is 12.0 Å². The molecule has 0 aliphatic carbocycles. The second-order valence-electron chi connectivity index (χ2n) is 2.17. The fourth-order valence-corrected chi connectivity index (χ4v) is 0.967. The summed E-state index contributed by atoms with van der Waals surface area (Å²) in [6.07, 6.45) is 5.83. The van der Waals surface area contributed by atoms with Crippen molar-refractivity contribution in [2.45, 2.75) is 12.8 Å². The lowest BCUT2D eigenvalue weighted by atomic mass is 10.2. The Morgan fingerprint density at radius 1 is 1.50 bits per heavy atom. The summed E-state index contributed by atoms with van der Waals surface area (Å²) >= 11 is 4.83. The van der Waals surface area contributed by atoms with Crippen LogP contribution in [-0.4, -0.2) is 10.7 Å². The topological polar surface area (TPSA) is 12.9 Å². The molecule has 0 spiro atoms. The van der Waals surface area contributed by atoms with Gasteiger partial charge in [0, 0.05) is 18.1 Å². The van der Waals surface area contributed by atoms with E-state index >= 15 is 0 Å². The number of pyridine rings is 1. The molecule has 53 valence electrons. The van der Waals surface area contributed by atoms with Crippen molar-refractivity contribution in [3.05, 3.63) is 30.1 Å². The molecule has 2 heteroatoms. The largest absolute Gasteiger partial charge is 0.264 e.